The third-order valence-electron chi connectivity index (χ3n) is 6.30. The summed E-state index contributed by atoms with van der Waals surface area (Å²) in [5.41, 5.74) is 8.11. The van der Waals surface area contributed by atoms with Crippen LogP contribution in [0.25, 0.3) is 6.08 Å². The minimum Gasteiger partial charge on any atom is -0.499 e. The zero-order valence-electron chi connectivity index (χ0n) is 20.5. The van der Waals surface area contributed by atoms with Gasteiger partial charge in [0.2, 0.25) is 0 Å². The van der Waals surface area contributed by atoms with Crippen molar-refractivity contribution >= 4 is 11.8 Å². The van der Waals surface area contributed by atoms with E-state index in [9.17, 15) is 5.11 Å². The Balaban J connectivity index is 1.57. The van der Waals surface area contributed by atoms with Crippen molar-refractivity contribution in [3.05, 3.63) is 76.2 Å². The van der Waals surface area contributed by atoms with Crippen molar-refractivity contribution in [3.8, 4) is 0 Å². The molecule has 2 aromatic rings. The van der Waals surface area contributed by atoms with Gasteiger partial charge in [-0.2, -0.15) is 0 Å². The zero-order chi connectivity index (χ0) is 23.6. The van der Waals surface area contributed by atoms with E-state index >= 15 is 0 Å². The predicted molar refractivity (Wildman–Crippen MR) is 138 cm³/mol. The second-order valence-corrected chi connectivity index (χ2v) is 8.86. The molecule has 0 aliphatic carbocycles. The van der Waals surface area contributed by atoms with Crippen LogP contribution < -0.4 is 0 Å². The summed E-state index contributed by atoms with van der Waals surface area (Å²) in [6.07, 6.45) is 15.2. The van der Waals surface area contributed by atoms with E-state index < -0.39 is 0 Å². The number of aromatic amines is 2. The van der Waals surface area contributed by atoms with Crippen LogP contribution in [0.1, 0.15) is 80.1 Å². The number of aliphatic hydroxyl groups excluding tert-OH is 1. The number of nitrogens with one attached hydrogen (secondary N) is 2. The predicted octanol–water partition coefficient (Wildman–Crippen LogP) is 6.55. The van der Waals surface area contributed by atoms with Crippen LogP contribution in [-0.4, -0.2) is 34.0 Å². The van der Waals surface area contributed by atoms with Crippen molar-refractivity contribution in [2.45, 2.75) is 72.1 Å². The molecular formula is C28H39N3O2. The van der Waals surface area contributed by atoms with Crippen LogP contribution in [0.4, 0.5) is 0 Å². The highest BCUT2D eigenvalue weighted by molar-refractivity contribution is 6.11. The standard InChI is InChI=1S/C28H39N3O2/c1-5-6-7-8-9-10-16-33-20(2)13-14-24-21(3)26(30-22(24)4)18-27-23(19-32)17-28(31-27)25-12-11-15-29-25/h11-12,15,17-18,29-30,32H,2,5-10,13-14,16,19H2,1,3-4H3. The lowest BCUT2D eigenvalue weighted by molar-refractivity contribution is 0.197. The number of allylic oxidation sites excluding steroid dienone is 2. The van der Waals surface area contributed by atoms with Crippen LogP contribution in [0, 0.1) is 13.8 Å². The lowest BCUT2D eigenvalue weighted by Crippen LogP contribution is -1.98. The number of nitrogens with zero attached hydrogens (tertiary/aromatic N) is 1. The second kappa shape index (κ2) is 12.4. The van der Waals surface area contributed by atoms with E-state index in [0.717, 1.165) is 65.7 Å². The molecule has 0 fully saturated rings. The number of hydrogen-bond donors (Lipinski definition) is 3. The van der Waals surface area contributed by atoms with Crippen molar-refractivity contribution < 1.29 is 9.84 Å². The number of aromatic nitrogens is 2. The third kappa shape index (κ3) is 6.84. The molecule has 0 spiro atoms. The fraction of sp³-hybridized carbons (Fsp3) is 0.464. The van der Waals surface area contributed by atoms with E-state index in [2.05, 4.69) is 37.3 Å². The van der Waals surface area contributed by atoms with Crippen LogP contribution in [-0.2, 0) is 11.2 Å². The summed E-state index contributed by atoms with van der Waals surface area (Å²) in [7, 11) is 0. The maximum Gasteiger partial charge on any atom is 0.0891 e. The Morgan fingerprint density at radius 2 is 1.97 bits per heavy atom. The summed E-state index contributed by atoms with van der Waals surface area (Å²) in [6, 6.07) is 3.93. The Kier molecular flexibility index (Phi) is 9.37. The molecule has 3 N–H and O–H groups in total. The zero-order valence-corrected chi connectivity index (χ0v) is 20.5. The average Bonchev–Trinajstić information content (AvgIpc) is 3.52. The smallest absolute Gasteiger partial charge is 0.0891 e. The van der Waals surface area contributed by atoms with E-state index in [-0.39, 0.29) is 6.61 Å². The van der Waals surface area contributed by atoms with Gasteiger partial charge >= 0.3 is 0 Å². The van der Waals surface area contributed by atoms with E-state index in [4.69, 9.17) is 9.73 Å². The molecule has 2 aromatic heterocycles. The molecule has 0 radical (unpaired) electrons. The lowest BCUT2D eigenvalue weighted by atomic mass is 10.0. The number of aliphatic hydroxyl groups is 1. The number of aryl methyl sites for hydroxylation is 1. The van der Waals surface area contributed by atoms with Gasteiger partial charge in [-0.3, -0.25) is 0 Å². The molecule has 0 bridgehead atoms. The van der Waals surface area contributed by atoms with Crippen LogP contribution in [0.3, 0.4) is 0 Å². The Morgan fingerprint density at radius 1 is 1.18 bits per heavy atom. The quantitative estimate of drug-likeness (QED) is 0.226. The molecule has 1 aliphatic heterocycles. The molecule has 5 nitrogen and oxygen atoms in total. The molecule has 0 aromatic carbocycles. The summed E-state index contributed by atoms with van der Waals surface area (Å²) in [6.45, 7) is 11.3. The van der Waals surface area contributed by atoms with Crippen molar-refractivity contribution in [2.75, 3.05) is 13.2 Å². The molecule has 5 heteroatoms. The van der Waals surface area contributed by atoms with Gasteiger partial charge in [0, 0.05) is 29.6 Å². The Hall–Kier alpha value is -2.79. The monoisotopic (exact) mass is 449 g/mol. The number of H-pyrrole nitrogens is 2. The van der Waals surface area contributed by atoms with Crippen molar-refractivity contribution in [2.24, 2.45) is 4.99 Å². The van der Waals surface area contributed by atoms with Gasteiger partial charge in [0.25, 0.3) is 0 Å². The molecule has 3 heterocycles. The van der Waals surface area contributed by atoms with Gasteiger partial charge in [-0.25, -0.2) is 4.99 Å². The van der Waals surface area contributed by atoms with Crippen molar-refractivity contribution in [1.82, 2.24) is 9.97 Å². The van der Waals surface area contributed by atoms with Gasteiger partial charge in [0.1, 0.15) is 0 Å². The number of aliphatic imine (C=N–C) groups is 1. The molecule has 0 amide bonds. The van der Waals surface area contributed by atoms with Gasteiger partial charge in [0.05, 0.1) is 36.1 Å². The number of rotatable bonds is 14. The van der Waals surface area contributed by atoms with E-state index in [1.165, 1.54) is 43.2 Å². The molecular weight excluding hydrogens is 410 g/mol. The van der Waals surface area contributed by atoms with E-state index in [1.54, 1.807) is 0 Å². The maximum absolute atomic E-state index is 9.82. The van der Waals surface area contributed by atoms with Crippen molar-refractivity contribution in [1.29, 1.82) is 0 Å². The fourth-order valence-corrected chi connectivity index (χ4v) is 4.26. The maximum atomic E-state index is 9.82. The van der Waals surface area contributed by atoms with E-state index in [1.807, 2.05) is 30.5 Å². The number of hydrogen-bond acceptors (Lipinski definition) is 3. The van der Waals surface area contributed by atoms with E-state index in [0.29, 0.717) is 0 Å². The Labute approximate surface area is 198 Å². The van der Waals surface area contributed by atoms with Crippen LogP contribution >= 0.6 is 0 Å². The highest BCUT2D eigenvalue weighted by Gasteiger charge is 2.18. The first-order valence-corrected chi connectivity index (χ1v) is 12.3. The number of unbranched alkanes of at least 4 members (excludes halogenated alkanes) is 5. The van der Waals surface area contributed by atoms with Crippen LogP contribution in [0.15, 0.2) is 53.0 Å². The molecule has 33 heavy (non-hydrogen) atoms. The summed E-state index contributed by atoms with van der Waals surface area (Å²) >= 11 is 0. The highest BCUT2D eigenvalue weighted by Crippen LogP contribution is 2.27. The third-order valence-corrected chi connectivity index (χ3v) is 6.30. The van der Waals surface area contributed by atoms with Crippen LogP contribution in [0.2, 0.25) is 0 Å². The normalized spacial score (nSPS) is 14.6. The molecule has 3 rings (SSSR count). The summed E-state index contributed by atoms with van der Waals surface area (Å²) < 4.78 is 5.87. The molecule has 0 atom stereocenters. The molecule has 178 valence electrons. The summed E-state index contributed by atoms with van der Waals surface area (Å²) in [5, 5.41) is 9.82. The summed E-state index contributed by atoms with van der Waals surface area (Å²) in [4.78, 5) is 11.4. The van der Waals surface area contributed by atoms with Gasteiger partial charge in [0.15, 0.2) is 0 Å². The molecule has 1 aliphatic rings. The largest absolute Gasteiger partial charge is 0.499 e. The van der Waals surface area contributed by atoms with Crippen LogP contribution in [0.5, 0.6) is 0 Å². The first-order valence-electron chi connectivity index (χ1n) is 12.3. The van der Waals surface area contributed by atoms with Gasteiger partial charge in [-0.05, 0) is 62.1 Å². The average molecular weight is 450 g/mol. The fourth-order valence-electron chi connectivity index (χ4n) is 4.26. The van der Waals surface area contributed by atoms with Gasteiger partial charge in [-0.1, -0.05) is 45.6 Å². The highest BCUT2D eigenvalue weighted by atomic mass is 16.5. The SMILES string of the molecule is C=C(CCc1c(C)[nH]c(C=C2N=C(c3ccc[nH]3)C=C2CO)c1C)OCCCCCCCC. The molecule has 0 unspecified atom stereocenters. The van der Waals surface area contributed by atoms with Gasteiger partial charge in [-0.15, -0.1) is 0 Å². The Morgan fingerprint density at radius 3 is 2.70 bits per heavy atom. The molecule has 0 saturated heterocycles. The van der Waals surface area contributed by atoms with Gasteiger partial charge < -0.3 is 19.8 Å². The van der Waals surface area contributed by atoms with Crippen molar-refractivity contribution in [3.63, 3.8) is 0 Å². The first kappa shape index (κ1) is 24.8. The first-order chi connectivity index (χ1) is 16.0. The lowest BCUT2D eigenvalue weighted by Gasteiger charge is -2.10. The Bertz CT molecular complexity index is 1010. The summed E-state index contributed by atoms with van der Waals surface area (Å²) in [5.74, 6) is 0.866. The number of ether oxygens (including phenoxy) is 1. The minimum absolute atomic E-state index is 0.0408. The topological polar surface area (TPSA) is 73.4 Å². The minimum atomic E-state index is -0.0408. The molecule has 0 saturated carbocycles. The second-order valence-electron chi connectivity index (χ2n) is 8.86.